The zero-order valence-corrected chi connectivity index (χ0v) is 13.3. The first-order valence-electron chi connectivity index (χ1n) is 8.24. The van der Waals surface area contributed by atoms with Crippen molar-refractivity contribution in [3.63, 3.8) is 0 Å². The van der Waals surface area contributed by atoms with Gasteiger partial charge in [-0.3, -0.25) is 9.80 Å². The molecule has 0 unspecified atom stereocenters. The molecule has 2 aromatic carbocycles. The number of nitrogens with zero attached hydrogens (tertiary/aromatic N) is 2. The molecular formula is C19H22N2O2. The predicted molar refractivity (Wildman–Crippen MR) is 89.6 cm³/mol. The standard InChI is InChI=1S/C19H22N2O2/c1-2-4-16(5-3-1)13-20-8-10-21(11-9-20)14-17-6-7-18-19(12-17)23-15-22-18/h1-7,12H,8-11,13-15H2. The van der Waals surface area contributed by atoms with Gasteiger partial charge in [-0.25, -0.2) is 0 Å². The van der Waals surface area contributed by atoms with E-state index in [0.717, 1.165) is 50.8 Å². The summed E-state index contributed by atoms with van der Waals surface area (Å²) in [6.45, 7) is 6.85. The van der Waals surface area contributed by atoms with Crippen molar-refractivity contribution >= 4 is 0 Å². The fourth-order valence-corrected chi connectivity index (χ4v) is 3.24. The van der Waals surface area contributed by atoms with E-state index in [1.54, 1.807) is 0 Å². The van der Waals surface area contributed by atoms with Gasteiger partial charge in [0.1, 0.15) is 0 Å². The predicted octanol–water partition coefficient (Wildman–Crippen LogP) is 2.73. The number of hydrogen-bond acceptors (Lipinski definition) is 4. The first kappa shape index (κ1) is 14.5. The third kappa shape index (κ3) is 3.49. The van der Waals surface area contributed by atoms with Crippen molar-refractivity contribution in [2.75, 3.05) is 33.0 Å². The number of hydrogen-bond donors (Lipinski definition) is 0. The highest BCUT2D eigenvalue weighted by molar-refractivity contribution is 5.44. The molecule has 0 bridgehead atoms. The van der Waals surface area contributed by atoms with Crippen molar-refractivity contribution in [1.82, 2.24) is 9.80 Å². The summed E-state index contributed by atoms with van der Waals surface area (Å²) in [5, 5.41) is 0. The Morgan fingerprint density at radius 1 is 0.696 bits per heavy atom. The zero-order valence-electron chi connectivity index (χ0n) is 13.3. The zero-order chi connectivity index (χ0) is 15.5. The van der Waals surface area contributed by atoms with Crippen molar-refractivity contribution < 1.29 is 9.47 Å². The van der Waals surface area contributed by atoms with Crippen LogP contribution in [-0.4, -0.2) is 42.8 Å². The van der Waals surface area contributed by atoms with Crippen LogP contribution in [0, 0.1) is 0 Å². The van der Waals surface area contributed by atoms with E-state index in [1.165, 1.54) is 11.1 Å². The van der Waals surface area contributed by atoms with Gasteiger partial charge in [0, 0.05) is 39.3 Å². The third-order valence-corrected chi connectivity index (χ3v) is 4.56. The smallest absolute Gasteiger partial charge is 0.231 e. The average Bonchev–Trinajstić information content (AvgIpc) is 3.05. The Bertz CT molecular complexity index is 652. The van der Waals surface area contributed by atoms with Crippen LogP contribution in [0.15, 0.2) is 48.5 Å². The van der Waals surface area contributed by atoms with Crippen LogP contribution in [0.25, 0.3) is 0 Å². The maximum atomic E-state index is 5.46. The molecule has 0 radical (unpaired) electrons. The van der Waals surface area contributed by atoms with Crippen LogP contribution in [0.3, 0.4) is 0 Å². The van der Waals surface area contributed by atoms with Gasteiger partial charge in [-0.1, -0.05) is 36.4 Å². The van der Waals surface area contributed by atoms with E-state index in [2.05, 4.69) is 52.3 Å². The molecule has 23 heavy (non-hydrogen) atoms. The van der Waals surface area contributed by atoms with Gasteiger partial charge in [0.15, 0.2) is 11.5 Å². The van der Waals surface area contributed by atoms with E-state index in [0.29, 0.717) is 6.79 Å². The molecule has 1 fully saturated rings. The normalized spacial score (nSPS) is 18.3. The maximum absolute atomic E-state index is 5.46. The fourth-order valence-electron chi connectivity index (χ4n) is 3.24. The van der Waals surface area contributed by atoms with E-state index in [-0.39, 0.29) is 0 Å². The van der Waals surface area contributed by atoms with Crippen LogP contribution >= 0.6 is 0 Å². The minimum Gasteiger partial charge on any atom is -0.454 e. The molecule has 2 aliphatic heterocycles. The Morgan fingerprint density at radius 3 is 2.09 bits per heavy atom. The van der Waals surface area contributed by atoms with Crippen LogP contribution < -0.4 is 9.47 Å². The summed E-state index contributed by atoms with van der Waals surface area (Å²) < 4.78 is 10.8. The van der Waals surface area contributed by atoms with E-state index >= 15 is 0 Å². The first-order valence-corrected chi connectivity index (χ1v) is 8.24. The Hall–Kier alpha value is -2.04. The molecule has 4 heteroatoms. The number of benzene rings is 2. The molecule has 120 valence electrons. The first-order chi connectivity index (χ1) is 11.4. The molecule has 1 saturated heterocycles. The van der Waals surface area contributed by atoms with Crippen molar-refractivity contribution in [2.24, 2.45) is 0 Å². The van der Waals surface area contributed by atoms with Gasteiger partial charge < -0.3 is 9.47 Å². The monoisotopic (exact) mass is 310 g/mol. The molecule has 4 rings (SSSR count). The lowest BCUT2D eigenvalue weighted by Crippen LogP contribution is -2.45. The summed E-state index contributed by atoms with van der Waals surface area (Å²) in [5.74, 6) is 1.74. The Morgan fingerprint density at radius 2 is 1.35 bits per heavy atom. The lowest BCUT2D eigenvalue weighted by molar-refractivity contribution is 0.122. The van der Waals surface area contributed by atoms with Crippen LogP contribution in [0.5, 0.6) is 11.5 Å². The largest absolute Gasteiger partial charge is 0.454 e. The van der Waals surface area contributed by atoms with E-state index in [1.807, 2.05) is 6.07 Å². The fraction of sp³-hybridized carbons (Fsp3) is 0.368. The third-order valence-electron chi connectivity index (χ3n) is 4.56. The van der Waals surface area contributed by atoms with Crippen molar-refractivity contribution in [2.45, 2.75) is 13.1 Å². The van der Waals surface area contributed by atoms with Gasteiger partial charge in [-0.05, 0) is 23.3 Å². The molecule has 0 amide bonds. The summed E-state index contributed by atoms with van der Waals surface area (Å²) in [6, 6.07) is 17.0. The summed E-state index contributed by atoms with van der Waals surface area (Å²) in [7, 11) is 0. The molecule has 0 aromatic heterocycles. The number of fused-ring (bicyclic) bond motifs is 1. The van der Waals surface area contributed by atoms with Crippen LogP contribution in [0.2, 0.25) is 0 Å². The highest BCUT2D eigenvalue weighted by atomic mass is 16.7. The lowest BCUT2D eigenvalue weighted by atomic mass is 10.1. The second kappa shape index (κ2) is 6.60. The molecule has 4 nitrogen and oxygen atoms in total. The summed E-state index contributed by atoms with van der Waals surface area (Å²) in [4.78, 5) is 5.05. The van der Waals surface area contributed by atoms with Crippen LogP contribution in [0.1, 0.15) is 11.1 Å². The van der Waals surface area contributed by atoms with Gasteiger partial charge in [0.2, 0.25) is 6.79 Å². The molecule has 0 aliphatic carbocycles. The Balaban J connectivity index is 1.30. The highest BCUT2D eigenvalue weighted by Gasteiger charge is 2.18. The second-order valence-electron chi connectivity index (χ2n) is 6.23. The molecule has 0 saturated carbocycles. The van der Waals surface area contributed by atoms with Crippen LogP contribution in [0.4, 0.5) is 0 Å². The topological polar surface area (TPSA) is 24.9 Å². The Labute approximate surface area is 137 Å². The Kier molecular flexibility index (Phi) is 4.18. The average molecular weight is 310 g/mol. The molecule has 2 aromatic rings. The van der Waals surface area contributed by atoms with E-state index < -0.39 is 0 Å². The van der Waals surface area contributed by atoms with E-state index in [9.17, 15) is 0 Å². The molecule has 0 atom stereocenters. The molecule has 2 aliphatic rings. The maximum Gasteiger partial charge on any atom is 0.231 e. The second-order valence-corrected chi connectivity index (χ2v) is 6.23. The van der Waals surface area contributed by atoms with E-state index in [4.69, 9.17) is 9.47 Å². The minimum atomic E-state index is 0.344. The summed E-state index contributed by atoms with van der Waals surface area (Å²) >= 11 is 0. The molecule has 2 heterocycles. The lowest BCUT2D eigenvalue weighted by Gasteiger charge is -2.34. The quantitative estimate of drug-likeness (QED) is 0.867. The molecular weight excluding hydrogens is 288 g/mol. The van der Waals surface area contributed by atoms with Crippen molar-refractivity contribution in [3.05, 3.63) is 59.7 Å². The number of ether oxygens (including phenoxy) is 2. The number of rotatable bonds is 4. The van der Waals surface area contributed by atoms with Gasteiger partial charge in [-0.2, -0.15) is 0 Å². The van der Waals surface area contributed by atoms with Gasteiger partial charge in [-0.15, -0.1) is 0 Å². The molecule has 0 spiro atoms. The van der Waals surface area contributed by atoms with Crippen molar-refractivity contribution in [3.8, 4) is 11.5 Å². The summed E-state index contributed by atoms with van der Waals surface area (Å²) in [6.07, 6.45) is 0. The SMILES string of the molecule is c1ccc(CN2CCN(Cc3ccc4c(c3)OCO4)CC2)cc1. The van der Waals surface area contributed by atoms with Crippen LogP contribution in [-0.2, 0) is 13.1 Å². The molecule has 0 N–H and O–H groups in total. The highest BCUT2D eigenvalue weighted by Crippen LogP contribution is 2.32. The number of piperazine rings is 1. The van der Waals surface area contributed by atoms with Gasteiger partial charge in [0.25, 0.3) is 0 Å². The van der Waals surface area contributed by atoms with Gasteiger partial charge in [0.05, 0.1) is 0 Å². The van der Waals surface area contributed by atoms with Crippen molar-refractivity contribution in [1.29, 1.82) is 0 Å². The van der Waals surface area contributed by atoms with Gasteiger partial charge >= 0.3 is 0 Å². The summed E-state index contributed by atoms with van der Waals surface area (Å²) in [5.41, 5.74) is 2.70. The minimum absolute atomic E-state index is 0.344.